The first-order chi connectivity index (χ1) is 13.8. The molecule has 2 aliphatic rings. The number of hydrogen-bond donors (Lipinski definition) is 1. The monoisotopic (exact) mass is 473 g/mol. The second-order valence-electron chi connectivity index (χ2n) is 7.94. The summed E-state index contributed by atoms with van der Waals surface area (Å²) in [5.41, 5.74) is 4.19. The molecule has 0 bridgehead atoms. The molecule has 28 heavy (non-hydrogen) atoms. The van der Waals surface area contributed by atoms with Crippen LogP contribution in [0.3, 0.4) is 0 Å². The second-order valence-corrected chi connectivity index (χ2v) is 9.19. The number of nitrogens with one attached hydrogen (secondary N) is 1. The van der Waals surface area contributed by atoms with Crippen molar-refractivity contribution in [2.45, 2.75) is 18.4 Å². The number of fused-ring (bicyclic) bond motifs is 5. The number of anilines is 1. The van der Waals surface area contributed by atoms with Gasteiger partial charge in [0.25, 0.3) is 0 Å². The molecule has 136 valence electrons. The Labute approximate surface area is 178 Å². The number of halogens is 1. The van der Waals surface area contributed by atoms with Crippen LogP contribution in [-0.2, 0) is 0 Å². The van der Waals surface area contributed by atoms with Crippen LogP contribution < -0.4 is 5.32 Å². The summed E-state index contributed by atoms with van der Waals surface area (Å²) < 4.78 is 1.31. The molecule has 1 aliphatic heterocycles. The Bertz CT molecular complexity index is 1200. The van der Waals surface area contributed by atoms with Gasteiger partial charge in [0.1, 0.15) is 0 Å². The van der Waals surface area contributed by atoms with Crippen LogP contribution in [0, 0.1) is 9.49 Å². The second kappa shape index (κ2) is 6.35. The van der Waals surface area contributed by atoms with E-state index in [1.807, 2.05) is 0 Å². The molecule has 1 aliphatic carbocycles. The summed E-state index contributed by atoms with van der Waals surface area (Å²) in [6, 6.07) is 27.2. The van der Waals surface area contributed by atoms with Crippen molar-refractivity contribution in [3.8, 4) is 0 Å². The number of allylic oxidation sites excluding steroid dienone is 2. The highest BCUT2D eigenvalue weighted by molar-refractivity contribution is 14.1. The van der Waals surface area contributed by atoms with Crippen molar-refractivity contribution in [2.75, 3.05) is 5.32 Å². The highest BCUT2D eigenvalue weighted by Crippen LogP contribution is 2.52. The molecular formula is C26H20IN. The summed E-state index contributed by atoms with van der Waals surface area (Å²) in [6.45, 7) is 0. The van der Waals surface area contributed by atoms with Crippen LogP contribution in [0.1, 0.15) is 29.5 Å². The maximum absolute atomic E-state index is 3.95. The summed E-state index contributed by atoms with van der Waals surface area (Å²) in [6.07, 6.45) is 5.94. The van der Waals surface area contributed by atoms with Crippen molar-refractivity contribution < 1.29 is 0 Å². The molecule has 0 aromatic heterocycles. The molecule has 0 saturated heterocycles. The average Bonchev–Trinajstić information content (AvgIpc) is 3.22. The van der Waals surface area contributed by atoms with Gasteiger partial charge in [0, 0.05) is 15.2 Å². The Balaban J connectivity index is 1.64. The molecule has 1 nitrogen and oxygen atoms in total. The van der Waals surface area contributed by atoms with E-state index in [-0.39, 0.29) is 0 Å². The van der Waals surface area contributed by atoms with E-state index in [9.17, 15) is 0 Å². The first-order valence-corrected chi connectivity index (χ1v) is 11.0. The zero-order valence-corrected chi connectivity index (χ0v) is 17.6. The Morgan fingerprint density at radius 2 is 1.54 bits per heavy atom. The zero-order valence-electron chi connectivity index (χ0n) is 15.4. The molecule has 0 fully saturated rings. The first-order valence-electron chi connectivity index (χ1n) is 9.92. The third-order valence-electron chi connectivity index (χ3n) is 6.45. The number of rotatable bonds is 1. The number of hydrogen-bond acceptors (Lipinski definition) is 1. The van der Waals surface area contributed by atoms with Gasteiger partial charge in [0.2, 0.25) is 0 Å². The van der Waals surface area contributed by atoms with E-state index in [4.69, 9.17) is 0 Å². The normalized spacial score (nSPS) is 22.8. The fraction of sp³-hybridized carbons (Fsp3) is 0.154. The van der Waals surface area contributed by atoms with Crippen LogP contribution in [0.4, 0.5) is 5.69 Å². The highest BCUT2D eigenvalue weighted by Gasteiger charge is 2.39. The molecule has 2 heteroatoms. The third kappa shape index (κ3) is 2.44. The van der Waals surface area contributed by atoms with Crippen molar-refractivity contribution in [1.29, 1.82) is 0 Å². The summed E-state index contributed by atoms with van der Waals surface area (Å²) in [5.74, 6) is 1.05. The molecular weight excluding hydrogens is 453 g/mol. The molecule has 1 heterocycles. The predicted molar refractivity (Wildman–Crippen MR) is 127 cm³/mol. The van der Waals surface area contributed by atoms with Crippen LogP contribution in [0.2, 0.25) is 0 Å². The van der Waals surface area contributed by atoms with Crippen LogP contribution in [-0.4, -0.2) is 0 Å². The van der Waals surface area contributed by atoms with Gasteiger partial charge in [0.15, 0.2) is 0 Å². The van der Waals surface area contributed by atoms with E-state index < -0.39 is 0 Å². The van der Waals surface area contributed by atoms with Crippen molar-refractivity contribution in [3.63, 3.8) is 0 Å². The van der Waals surface area contributed by atoms with Crippen LogP contribution >= 0.6 is 22.6 Å². The summed E-state index contributed by atoms with van der Waals surface area (Å²) in [4.78, 5) is 0. The minimum absolute atomic E-state index is 0.309. The van der Waals surface area contributed by atoms with Crippen LogP contribution in [0.15, 0.2) is 84.9 Å². The molecule has 0 unspecified atom stereocenters. The van der Waals surface area contributed by atoms with Crippen molar-refractivity contribution in [3.05, 3.63) is 99.6 Å². The summed E-state index contributed by atoms with van der Waals surface area (Å²) in [5, 5.41) is 9.36. The first kappa shape index (κ1) is 16.6. The maximum atomic E-state index is 3.95. The highest BCUT2D eigenvalue weighted by atomic mass is 127. The van der Waals surface area contributed by atoms with Crippen LogP contribution in [0.25, 0.3) is 21.5 Å². The summed E-state index contributed by atoms with van der Waals surface area (Å²) in [7, 11) is 0. The average molecular weight is 473 g/mol. The Morgan fingerprint density at radius 1 is 0.821 bits per heavy atom. The largest absolute Gasteiger partial charge is 0.378 e. The van der Waals surface area contributed by atoms with Gasteiger partial charge in [-0.2, -0.15) is 0 Å². The molecule has 0 radical (unpaired) electrons. The van der Waals surface area contributed by atoms with E-state index in [0.29, 0.717) is 17.9 Å². The molecule has 0 spiro atoms. The Hall–Kier alpha value is -2.33. The lowest BCUT2D eigenvalue weighted by Gasteiger charge is -2.38. The van der Waals surface area contributed by atoms with Gasteiger partial charge in [-0.15, -0.1) is 0 Å². The van der Waals surface area contributed by atoms with E-state index in [1.165, 1.54) is 41.9 Å². The van der Waals surface area contributed by atoms with Gasteiger partial charge in [-0.05, 0) is 91.9 Å². The lowest BCUT2D eigenvalue weighted by molar-refractivity contribution is 0.429. The predicted octanol–water partition coefficient (Wildman–Crippen LogP) is 7.42. The topological polar surface area (TPSA) is 12.0 Å². The van der Waals surface area contributed by atoms with E-state index >= 15 is 0 Å². The molecule has 6 rings (SSSR count). The number of benzene rings is 4. The minimum atomic E-state index is 0.309. The standard InChI is InChI=1S/C26H20IN/c27-18-12-13-24-23(15-18)21-10-5-11-22(21)26(28-24)25-19-8-3-1-6-16(19)14-17-7-2-4-9-20(17)25/h1-10,12-15,21-22,26,28H,11H2/t21-,22+,26-/m1/s1. The zero-order chi connectivity index (χ0) is 18.7. The Morgan fingerprint density at radius 3 is 2.29 bits per heavy atom. The van der Waals surface area contributed by atoms with Gasteiger partial charge in [-0.1, -0.05) is 60.7 Å². The van der Waals surface area contributed by atoms with Crippen molar-refractivity contribution in [1.82, 2.24) is 0 Å². The molecule has 0 saturated carbocycles. The smallest absolute Gasteiger partial charge is 0.0566 e. The lowest BCUT2D eigenvalue weighted by Crippen LogP contribution is -2.29. The fourth-order valence-electron chi connectivity index (χ4n) is 5.23. The summed E-state index contributed by atoms with van der Waals surface area (Å²) >= 11 is 2.43. The van der Waals surface area contributed by atoms with E-state index in [0.717, 1.165) is 6.42 Å². The lowest BCUT2D eigenvalue weighted by atomic mass is 9.75. The Kier molecular flexibility index (Phi) is 3.76. The fourth-order valence-corrected chi connectivity index (χ4v) is 5.75. The molecule has 3 atom stereocenters. The third-order valence-corrected chi connectivity index (χ3v) is 7.12. The maximum Gasteiger partial charge on any atom is 0.0566 e. The van der Waals surface area contributed by atoms with Crippen molar-refractivity contribution in [2.24, 2.45) is 5.92 Å². The van der Waals surface area contributed by atoms with Crippen LogP contribution in [0.5, 0.6) is 0 Å². The van der Waals surface area contributed by atoms with Gasteiger partial charge in [0.05, 0.1) is 6.04 Å². The molecule has 0 amide bonds. The van der Waals surface area contributed by atoms with Gasteiger partial charge in [-0.25, -0.2) is 0 Å². The van der Waals surface area contributed by atoms with Crippen molar-refractivity contribution >= 4 is 49.8 Å². The van der Waals surface area contributed by atoms with Gasteiger partial charge >= 0.3 is 0 Å². The van der Waals surface area contributed by atoms with E-state index in [1.54, 1.807) is 0 Å². The van der Waals surface area contributed by atoms with Gasteiger partial charge < -0.3 is 5.32 Å². The van der Waals surface area contributed by atoms with E-state index in [2.05, 4.69) is 113 Å². The minimum Gasteiger partial charge on any atom is -0.378 e. The molecule has 4 aromatic carbocycles. The molecule has 1 N–H and O–H groups in total. The molecule has 4 aromatic rings. The SMILES string of the molecule is Ic1ccc2c(c1)[C@@H]1C=CC[C@@H]1[C@H](c1c3ccccc3cc3ccccc13)N2. The quantitative estimate of drug-likeness (QED) is 0.172. The van der Waals surface area contributed by atoms with Gasteiger partial charge in [-0.3, -0.25) is 0 Å².